The zero-order chi connectivity index (χ0) is 17.1. The number of rotatable bonds is 4. The van der Waals surface area contributed by atoms with Crippen LogP contribution in [0.25, 0.3) is 10.9 Å². The third-order valence-corrected chi connectivity index (χ3v) is 4.54. The molecule has 3 aromatic rings. The molecule has 1 amide bonds. The van der Waals surface area contributed by atoms with Gasteiger partial charge in [-0.3, -0.25) is 9.69 Å². The van der Waals surface area contributed by atoms with E-state index in [2.05, 4.69) is 27.3 Å². The number of benzene rings is 2. The van der Waals surface area contributed by atoms with Gasteiger partial charge in [-0.2, -0.15) is 0 Å². The highest BCUT2D eigenvalue weighted by molar-refractivity contribution is 6.02. The van der Waals surface area contributed by atoms with E-state index >= 15 is 0 Å². The lowest BCUT2D eigenvalue weighted by atomic mass is 10.1. The van der Waals surface area contributed by atoms with Crippen LogP contribution in [-0.2, 0) is 16.1 Å². The van der Waals surface area contributed by atoms with Crippen LogP contribution in [0.3, 0.4) is 0 Å². The molecule has 0 unspecified atom stereocenters. The molecule has 25 heavy (non-hydrogen) atoms. The van der Waals surface area contributed by atoms with Crippen LogP contribution in [0.1, 0.15) is 5.56 Å². The lowest BCUT2D eigenvalue weighted by Gasteiger charge is -2.32. The molecule has 2 heterocycles. The number of nitrogens with zero attached hydrogens (tertiary/aromatic N) is 1. The van der Waals surface area contributed by atoms with Crippen LogP contribution in [0.15, 0.2) is 60.8 Å². The van der Waals surface area contributed by atoms with Gasteiger partial charge < -0.3 is 15.0 Å². The summed E-state index contributed by atoms with van der Waals surface area (Å²) in [5.41, 5.74) is 3.07. The van der Waals surface area contributed by atoms with E-state index in [1.807, 2.05) is 48.7 Å². The molecular formula is C20H21N3O2. The second kappa shape index (κ2) is 7.09. The smallest absolute Gasteiger partial charge is 0.254 e. The van der Waals surface area contributed by atoms with Crippen molar-refractivity contribution >= 4 is 22.5 Å². The number of anilines is 1. The summed E-state index contributed by atoms with van der Waals surface area (Å²) >= 11 is 0. The van der Waals surface area contributed by atoms with Crippen LogP contribution in [0.4, 0.5) is 5.69 Å². The van der Waals surface area contributed by atoms with E-state index < -0.39 is 6.10 Å². The third-order valence-electron chi connectivity index (χ3n) is 4.54. The van der Waals surface area contributed by atoms with Crippen molar-refractivity contribution in [3.05, 3.63) is 66.4 Å². The fourth-order valence-corrected chi connectivity index (χ4v) is 3.25. The number of aromatic nitrogens is 1. The van der Waals surface area contributed by atoms with Gasteiger partial charge in [0, 0.05) is 36.7 Å². The van der Waals surface area contributed by atoms with Crippen molar-refractivity contribution in [2.45, 2.75) is 12.6 Å². The first kappa shape index (κ1) is 15.9. The topological polar surface area (TPSA) is 57.4 Å². The molecule has 5 heteroatoms. The van der Waals surface area contributed by atoms with E-state index in [-0.39, 0.29) is 5.91 Å². The van der Waals surface area contributed by atoms with Crippen LogP contribution < -0.4 is 5.32 Å². The molecule has 0 bridgehead atoms. The van der Waals surface area contributed by atoms with Crippen LogP contribution in [-0.4, -0.2) is 41.6 Å². The number of hydrogen-bond acceptors (Lipinski definition) is 3. The minimum atomic E-state index is -0.452. The summed E-state index contributed by atoms with van der Waals surface area (Å²) in [5, 5.41) is 4.02. The summed E-state index contributed by atoms with van der Waals surface area (Å²) in [6.07, 6.45) is 1.42. The number of H-pyrrole nitrogens is 1. The van der Waals surface area contributed by atoms with Gasteiger partial charge in [0.25, 0.3) is 5.91 Å². The summed E-state index contributed by atoms with van der Waals surface area (Å²) in [5.74, 6) is -0.0912. The molecule has 1 atom stereocenters. The molecular weight excluding hydrogens is 314 g/mol. The quantitative estimate of drug-likeness (QED) is 0.770. The van der Waals surface area contributed by atoms with Crippen molar-refractivity contribution < 1.29 is 9.53 Å². The van der Waals surface area contributed by atoms with Crippen molar-refractivity contribution in [3.8, 4) is 0 Å². The Kier molecular flexibility index (Phi) is 4.50. The maximum absolute atomic E-state index is 12.7. The second-order valence-corrected chi connectivity index (χ2v) is 6.31. The molecule has 1 saturated heterocycles. The maximum atomic E-state index is 12.7. The Morgan fingerprint density at radius 2 is 2.04 bits per heavy atom. The van der Waals surface area contributed by atoms with Crippen LogP contribution in [0.2, 0.25) is 0 Å². The minimum absolute atomic E-state index is 0.0912. The molecule has 0 radical (unpaired) electrons. The van der Waals surface area contributed by atoms with Gasteiger partial charge in [-0.25, -0.2) is 0 Å². The molecule has 0 spiro atoms. The monoisotopic (exact) mass is 335 g/mol. The van der Waals surface area contributed by atoms with Crippen molar-refractivity contribution in [3.63, 3.8) is 0 Å². The summed E-state index contributed by atoms with van der Waals surface area (Å²) in [4.78, 5) is 18.1. The van der Waals surface area contributed by atoms with Crippen molar-refractivity contribution in [2.75, 3.05) is 25.0 Å². The lowest BCUT2D eigenvalue weighted by molar-refractivity contribution is -0.133. The van der Waals surface area contributed by atoms with Crippen molar-refractivity contribution in [2.24, 2.45) is 0 Å². The SMILES string of the molecule is O=C(Nc1cccc2[nH]ccc12)[C@H]1CN(Cc2ccccc2)CCO1. The predicted octanol–water partition coefficient (Wildman–Crippen LogP) is 3.01. The van der Waals surface area contributed by atoms with E-state index in [1.54, 1.807) is 0 Å². The number of amides is 1. The highest BCUT2D eigenvalue weighted by Crippen LogP contribution is 2.23. The number of hydrogen-bond donors (Lipinski definition) is 2. The van der Waals surface area contributed by atoms with E-state index in [0.29, 0.717) is 13.2 Å². The molecule has 1 aliphatic heterocycles. The zero-order valence-electron chi connectivity index (χ0n) is 13.9. The molecule has 128 valence electrons. The average molecular weight is 335 g/mol. The summed E-state index contributed by atoms with van der Waals surface area (Å²) in [7, 11) is 0. The number of morpholine rings is 1. The summed E-state index contributed by atoms with van der Waals surface area (Å²) < 4.78 is 5.71. The molecule has 1 aromatic heterocycles. The van der Waals surface area contributed by atoms with Gasteiger partial charge >= 0.3 is 0 Å². The Morgan fingerprint density at radius 1 is 1.16 bits per heavy atom. The standard InChI is InChI=1S/C20H21N3O2/c24-20(22-18-8-4-7-17-16(18)9-10-21-17)19-14-23(11-12-25-19)13-15-5-2-1-3-6-15/h1-10,19,21H,11-14H2,(H,22,24)/t19-/m1/s1. The summed E-state index contributed by atoms with van der Waals surface area (Å²) in [6, 6.07) is 18.1. The first-order chi connectivity index (χ1) is 12.3. The molecule has 1 fully saturated rings. The largest absolute Gasteiger partial charge is 0.366 e. The molecule has 2 aromatic carbocycles. The first-order valence-electron chi connectivity index (χ1n) is 8.54. The Hall–Kier alpha value is -2.63. The minimum Gasteiger partial charge on any atom is -0.366 e. The Morgan fingerprint density at radius 3 is 2.92 bits per heavy atom. The van der Waals surface area contributed by atoms with Crippen molar-refractivity contribution in [1.29, 1.82) is 0 Å². The average Bonchev–Trinajstić information content (AvgIpc) is 3.13. The highest BCUT2D eigenvalue weighted by Gasteiger charge is 2.27. The number of fused-ring (bicyclic) bond motifs is 1. The van der Waals surface area contributed by atoms with Gasteiger partial charge in [-0.15, -0.1) is 0 Å². The fourth-order valence-electron chi connectivity index (χ4n) is 3.25. The molecule has 0 saturated carbocycles. The van der Waals surface area contributed by atoms with E-state index in [4.69, 9.17) is 4.74 Å². The van der Waals surface area contributed by atoms with Gasteiger partial charge in [-0.05, 0) is 23.8 Å². The number of nitrogens with one attached hydrogen (secondary N) is 2. The van der Waals surface area contributed by atoms with E-state index in [1.165, 1.54) is 5.56 Å². The first-order valence-corrected chi connectivity index (χ1v) is 8.54. The Labute approximate surface area is 146 Å². The molecule has 1 aliphatic rings. The lowest BCUT2D eigenvalue weighted by Crippen LogP contribution is -2.47. The van der Waals surface area contributed by atoms with Gasteiger partial charge in [0.05, 0.1) is 12.3 Å². The maximum Gasteiger partial charge on any atom is 0.254 e. The van der Waals surface area contributed by atoms with Crippen LogP contribution in [0.5, 0.6) is 0 Å². The Balaban J connectivity index is 1.42. The zero-order valence-corrected chi connectivity index (χ0v) is 13.9. The number of ether oxygens (including phenoxy) is 1. The van der Waals surface area contributed by atoms with E-state index in [0.717, 1.165) is 29.7 Å². The summed E-state index contributed by atoms with van der Waals surface area (Å²) in [6.45, 7) is 2.84. The highest BCUT2D eigenvalue weighted by atomic mass is 16.5. The van der Waals surface area contributed by atoms with E-state index in [9.17, 15) is 4.79 Å². The van der Waals surface area contributed by atoms with Crippen LogP contribution in [0, 0.1) is 0 Å². The van der Waals surface area contributed by atoms with Gasteiger partial charge in [0.15, 0.2) is 0 Å². The molecule has 0 aliphatic carbocycles. The Bertz CT molecular complexity index is 860. The second-order valence-electron chi connectivity index (χ2n) is 6.31. The normalized spacial score (nSPS) is 18.3. The fraction of sp³-hybridized carbons (Fsp3) is 0.250. The number of carbonyl (C=O) groups excluding carboxylic acids is 1. The molecule has 5 nitrogen and oxygen atoms in total. The number of aromatic amines is 1. The van der Waals surface area contributed by atoms with Gasteiger partial charge in [0.1, 0.15) is 6.10 Å². The van der Waals surface area contributed by atoms with Gasteiger partial charge in [0.2, 0.25) is 0 Å². The molecule has 2 N–H and O–H groups in total. The number of carbonyl (C=O) groups is 1. The van der Waals surface area contributed by atoms with Crippen LogP contribution >= 0.6 is 0 Å². The van der Waals surface area contributed by atoms with Crippen molar-refractivity contribution in [1.82, 2.24) is 9.88 Å². The third kappa shape index (κ3) is 3.57. The van der Waals surface area contributed by atoms with Gasteiger partial charge in [-0.1, -0.05) is 36.4 Å². The predicted molar refractivity (Wildman–Crippen MR) is 98.4 cm³/mol. The molecule has 4 rings (SSSR count).